The Morgan fingerprint density at radius 1 is 1.04 bits per heavy atom. The van der Waals surface area contributed by atoms with E-state index in [-0.39, 0.29) is 23.6 Å². The van der Waals surface area contributed by atoms with Crippen molar-refractivity contribution in [3.8, 4) is 0 Å². The fraction of sp³-hybridized carbons (Fsp3) is 0.238. The van der Waals surface area contributed by atoms with E-state index in [0.29, 0.717) is 6.54 Å². The number of rotatable bonds is 3. The lowest BCUT2D eigenvalue weighted by Crippen LogP contribution is -2.39. The first-order chi connectivity index (χ1) is 12.2. The van der Waals surface area contributed by atoms with Crippen LogP contribution in [0.5, 0.6) is 0 Å². The highest BCUT2D eigenvalue weighted by Crippen LogP contribution is 2.48. The summed E-state index contributed by atoms with van der Waals surface area (Å²) < 4.78 is 4.97. The Morgan fingerprint density at radius 3 is 2.32 bits per heavy atom. The van der Waals surface area contributed by atoms with E-state index in [1.807, 2.05) is 60.7 Å². The summed E-state index contributed by atoms with van der Waals surface area (Å²) in [5, 5.41) is 3.24. The highest BCUT2D eigenvalue weighted by Gasteiger charge is 2.52. The van der Waals surface area contributed by atoms with Crippen LogP contribution >= 0.6 is 0 Å². The van der Waals surface area contributed by atoms with Gasteiger partial charge in [-0.25, -0.2) is 0 Å². The number of carbonyl (C=O) groups is 2. The number of fused-ring (bicyclic) bond motifs is 1. The number of Topliss-reactive ketones (excluding diaryl/α,β-unsaturated/α-hetero) is 1. The van der Waals surface area contributed by atoms with Crippen molar-refractivity contribution < 1.29 is 14.3 Å². The van der Waals surface area contributed by atoms with Gasteiger partial charge in [-0.15, -0.1) is 0 Å². The van der Waals surface area contributed by atoms with Gasteiger partial charge in [0.1, 0.15) is 6.04 Å². The van der Waals surface area contributed by atoms with Gasteiger partial charge in [0.05, 0.1) is 13.0 Å². The van der Waals surface area contributed by atoms with Crippen molar-refractivity contribution in [3.05, 3.63) is 77.4 Å². The SMILES string of the molecule is COC(=O)[C@@H]1NCC2=C(c3ccccc3)C(=O)[C@H](c3ccccc3)[C@H]21. The van der Waals surface area contributed by atoms with Gasteiger partial charge in [-0.05, 0) is 16.7 Å². The zero-order chi connectivity index (χ0) is 17.4. The van der Waals surface area contributed by atoms with Gasteiger partial charge in [0.15, 0.2) is 5.78 Å². The zero-order valence-electron chi connectivity index (χ0n) is 13.9. The smallest absolute Gasteiger partial charge is 0.323 e. The Balaban J connectivity index is 1.85. The van der Waals surface area contributed by atoms with E-state index >= 15 is 0 Å². The standard InChI is InChI=1S/C21H19NO3/c1-25-21(24)19-18-15(12-22-19)16(13-8-4-2-5-9-13)20(23)17(18)14-10-6-3-7-11-14/h2-11,17-19,22H,12H2,1H3/t17-,18+,19-/m1/s1. The van der Waals surface area contributed by atoms with E-state index in [9.17, 15) is 9.59 Å². The first-order valence-electron chi connectivity index (χ1n) is 8.41. The van der Waals surface area contributed by atoms with Crippen LogP contribution in [-0.4, -0.2) is 31.4 Å². The summed E-state index contributed by atoms with van der Waals surface area (Å²) in [6.07, 6.45) is 0. The maximum absolute atomic E-state index is 13.3. The van der Waals surface area contributed by atoms with E-state index in [0.717, 1.165) is 22.3 Å². The molecule has 0 aromatic heterocycles. The molecule has 4 nitrogen and oxygen atoms in total. The van der Waals surface area contributed by atoms with Gasteiger partial charge >= 0.3 is 5.97 Å². The lowest BCUT2D eigenvalue weighted by Gasteiger charge is -2.22. The minimum Gasteiger partial charge on any atom is -0.468 e. The maximum Gasteiger partial charge on any atom is 0.323 e. The molecule has 0 saturated carbocycles. The number of hydrogen-bond acceptors (Lipinski definition) is 4. The van der Waals surface area contributed by atoms with Crippen LogP contribution < -0.4 is 5.32 Å². The molecule has 2 aromatic carbocycles. The number of allylic oxidation sites excluding steroid dienone is 1. The molecular weight excluding hydrogens is 314 g/mol. The fourth-order valence-electron chi connectivity index (χ4n) is 4.10. The molecule has 126 valence electrons. The van der Waals surface area contributed by atoms with Gasteiger partial charge in [-0.1, -0.05) is 60.7 Å². The number of ether oxygens (including phenoxy) is 1. The van der Waals surface area contributed by atoms with Crippen LogP contribution in [0.25, 0.3) is 5.57 Å². The highest BCUT2D eigenvalue weighted by molar-refractivity contribution is 6.27. The second kappa shape index (κ2) is 6.30. The molecule has 0 bridgehead atoms. The summed E-state index contributed by atoms with van der Waals surface area (Å²) in [6.45, 7) is 0.531. The number of esters is 1. The van der Waals surface area contributed by atoms with Gasteiger partial charge in [-0.2, -0.15) is 0 Å². The normalized spacial score (nSPS) is 25.2. The van der Waals surface area contributed by atoms with Crippen molar-refractivity contribution in [1.29, 1.82) is 0 Å². The Morgan fingerprint density at radius 2 is 1.68 bits per heavy atom. The summed E-state index contributed by atoms with van der Waals surface area (Å²) in [5.41, 5.74) is 3.62. The van der Waals surface area contributed by atoms with E-state index in [1.54, 1.807) is 0 Å². The molecular formula is C21H19NO3. The largest absolute Gasteiger partial charge is 0.468 e. The molecule has 2 aliphatic rings. The maximum atomic E-state index is 13.3. The van der Waals surface area contributed by atoms with Crippen LogP contribution in [0.3, 0.4) is 0 Å². The van der Waals surface area contributed by atoms with Gasteiger partial charge in [0.25, 0.3) is 0 Å². The van der Waals surface area contributed by atoms with Crippen molar-refractivity contribution in [1.82, 2.24) is 5.32 Å². The van der Waals surface area contributed by atoms with E-state index in [2.05, 4.69) is 5.32 Å². The number of nitrogens with one attached hydrogen (secondary N) is 1. The van der Waals surface area contributed by atoms with Gasteiger partial charge in [0, 0.05) is 18.0 Å². The van der Waals surface area contributed by atoms with Crippen LogP contribution in [0.1, 0.15) is 17.0 Å². The van der Waals surface area contributed by atoms with Crippen LogP contribution in [0, 0.1) is 5.92 Å². The van der Waals surface area contributed by atoms with Crippen LogP contribution in [-0.2, 0) is 14.3 Å². The van der Waals surface area contributed by atoms with Crippen molar-refractivity contribution >= 4 is 17.3 Å². The summed E-state index contributed by atoms with van der Waals surface area (Å²) in [5.74, 6) is -0.779. The number of benzene rings is 2. The van der Waals surface area contributed by atoms with Gasteiger partial charge < -0.3 is 10.1 Å². The first kappa shape index (κ1) is 15.8. The Labute approximate surface area is 146 Å². The molecule has 1 fully saturated rings. The number of ketones is 1. The van der Waals surface area contributed by atoms with Crippen LogP contribution in [0.4, 0.5) is 0 Å². The minimum atomic E-state index is -0.490. The third-order valence-corrected chi connectivity index (χ3v) is 5.16. The molecule has 1 heterocycles. The molecule has 1 saturated heterocycles. The van der Waals surface area contributed by atoms with E-state index < -0.39 is 6.04 Å². The topological polar surface area (TPSA) is 55.4 Å². The summed E-state index contributed by atoms with van der Waals surface area (Å²) in [4.78, 5) is 25.6. The third-order valence-electron chi connectivity index (χ3n) is 5.16. The Bertz CT molecular complexity index is 842. The average Bonchev–Trinajstić information content (AvgIpc) is 3.19. The molecule has 1 N–H and O–H groups in total. The molecule has 1 aliphatic carbocycles. The van der Waals surface area contributed by atoms with E-state index in [1.165, 1.54) is 7.11 Å². The highest BCUT2D eigenvalue weighted by atomic mass is 16.5. The molecule has 3 atom stereocenters. The third kappa shape index (κ3) is 2.50. The molecule has 2 aromatic rings. The molecule has 4 heteroatoms. The van der Waals surface area contributed by atoms with Crippen molar-refractivity contribution in [2.24, 2.45) is 5.92 Å². The first-order valence-corrected chi connectivity index (χ1v) is 8.41. The molecule has 1 aliphatic heterocycles. The van der Waals surface area contributed by atoms with Gasteiger partial charge in [0.2, 0.25) is 0 Å². The van der Waals surface area contributed by atoms with Crippen molar-refractivity contribution in [2.75, 3.05) is 13.7 Å². The Hall–Kier alpha value is -2.72. The molecule has 0 radical (unpaired) electrons. The molecule has 0 spiro atoms. The summed E-state index contributed by atoms with van der Waals surface area (Å²) in [6, 6.07) is 18.9. The second-order valence-corrected chi connectivity index (χ2v) is 6.43. The minimum absolute atomic E-state index is 0.0906. The van der Waals surface area contributed by atoms with Crippen LogP contribution in [0.2, 0.25) is 0 Å². The van der Waals surface area contributed by atoms with Crippen molar-refractivity contribution in [2.45, 2.75) is 12.0 Å². The average molecular weight is 333 g/mol. The molecule has 4 rings (SSSR count). The second-order valence-electron chi connectivity index (χ2n) is 6.43. The van der Waals surface area contributed by atoms with Crippen molar-refractivity contribution in [3.63, 3.8) is 0 Å². The van der Waals surface area contributed by atoms with Gasteiger partial charge in [-0.3, -0.25) is 9.59 Å². The lowest BCUT2D eigenvalue weighted by molar-refractivity contribution is -0.143. The fourth-order valence-corrected chi connectivity index (χ4v) is 4.10. The van der Waals surface area contributed by atoms with Crippen LogP contribution in [0.15, 0.2) is 66.2 Å². The number of hydrogen-bond donors (Lipinski definition) is 1. The number of carbonyl (C=O) groups excluding carboxylic acids is 2. The number of methoxy groups -OCH3 is 1. The predicted molar refractivity (Wildman–Crippen MR) is 94.8 cm³/mol. The quantitative estimate of drug-likeness (QED) is 0.877. The molecule has 0 unspecified atom stereocenters. The zero-order valence-corrected chi connectivity index (χ0v) is 13.9. The predicted octanol–water partition coefficient (Wildman–Crippen LogP) is 2.57. The van der Waals surface area contributed by atoms with E-state index in [4.69, 9.17) is 4.74 Å². The summed E-state index contributed by atoms with van der Waals surface area (Å²) in [7, 11) is 1.39. The summed E-state index contributed by atoms with van der Waals surface area (Å²) >= 11 is 0. The monoisotopic (exact) mass is 333 g/mol. The lowest BCUT2D eigenvalue weighted by atomic mass is 9.82. The Kier molecular flexibility index (Phi) is 3.98. The molecule has 25 heavy (non-hydrogen) atoms. The molecule has 0 amide bonds.